The van der Waals surface area contributed by atoms with E-state index in [1.165, 1.54) is 0 Å². The summed E-state index contributed by atoms with van der Waals surface area (Å²) in [6.07, 6.45) is 1.89. The Hall–Kier alpha value is -1.88. The lowest BCUT2D eigenvalue weighted by Crippen LogP contribution is -2.51. The van der Waals surface area contributed by atoms with Crippen molar-refractivity contribution in [2.75, 3.05) is 39.8 Å². The van der Waals surface area contributed by atoms with Gasteiger partial charge >= 0.3 is 0 Å². The third-order valence-corrected chi connectivity index (χ3v) is 4.41. The van der Waals surface area contributed by atoms with Gasteiger partial charge in [0, 0.05) is 32.6 Å². The lowest BCUT2D eigenvalue weighted by atomic mass is 10.1. The summed E-state index contributed by atoms with van der Waals surface area (Å²) in [5.74, 6) is 0.354. The van der Waals surface area contributed by atoms with Crippen LogP contribution in [-0.2, 0) is 16.0 Å². The number of carbonyl (C=O) groups excluding carboxylic acids is 2. The van der Waals surface area contributed by atoms with Gasteiger partial charge in [-0.3, -0.25) is 9.59 Å². The maximum absolute atomic E-state index is 12.4. The predicted octanol–water partition coefficient (Wildman–Crippen LogP) is 1.21. The van der Waals surface area contributed by atoms with E-state index in [0.29, 0.717) is 39.0 Å². The number of piperazine rings is 1. The molecule has 1 aliphatic heterocycles. The molecule has 0 atom stereocenters. The molecule has 5 heteroatoms. The van der Waals surface area contributed by atoms with Crippen molar-refractivity contribution < 1.29 is 9.59 Å². The highest BCUT2D eigenvalue weighted by atomic mass is 16.2. The van der Waals surface area contributed by atoms with Crippen LogP contribution in [-0.4, -0.2) is 61.4 Å². The average molecular weight is 317 g/mol. The van der Waals surface area contributed by atoms with E-state index in [4.69, 9.17) is 0 Å². The summed E-state index contributed by atoms with van der Waals surface area (Å²) < 4.78 is 0. The molecule has 1 aliphatic rings. The van der Waals surface area contributed by atoms with Gasteiger partial charge in [-0.1, -0.05) is 24.3 Å². The first kappa shape index (κ1) is 17.5. The van der Waals surface area contributed by atoms with Crippen LogP contribution in [0.2, 0.25) is 0 Å². The third kappa shape index (κ3) is 5.06. The minimum absolute atomic E-state index is 0.154. The van der Waals surface area contributed by atoms with E-state index in [0.717, 1.165) is 24.1 Å². The van der Waals surface area contributed by atoms with Crippen molar-refractivity contribution >= 4 is 11.8 Å². The fourth-order valence-electron chi connectivity index (χ4n) is 2.86. The van der Waals surface area contributed by atoms with Crippen molar-refractivity contribution in [2.24, 2.45) is 0 Å². The lowest BCUT2D eigenvalue weighted by Gasteiger charge is -2.35. The first-order valence-corrected chi connectivity index (χ1v) is 8.36. The fraction of sp³-hybridized carbons (Fsp3) is 0.556. The minimum Gasteiger partial charge on any atom is -0.339 e. The van der Waals surface area contributed by atoms with Crippen molar-refractivity contribution in [2.45, 2.75) is 26.2 Å². The molecular formula is C18H27N3O2. The van der Waals surface area contributed by atoms with Gasteiger partial charge in [0.15, 0.2) is 0 Å². The van der Waals surface area contributed by atoms with E-state index in [-0.39, 0.29) is 11.8 Å². The Kier molecular flexibility index (Phi) is 6.59. The summed E-state index contributed by atoms with van der Waals surface area (Å²) in [7, 11) is 1.89. The Balaban J connectivity index is 1.78. The van der Waals surface area contributed by atoms with E-state index in [1.807, 2.05) is 48.0 Å². The van der Waals surface area contributed by atoms with E-state index in [1.54, 1.807) is 0 Å². The van der Waals surface area contributed by atoms with Crippen LogP contribution in [0.4, 0.5) is 0 Å². The van der Waals surface area contributed by atoms with Crippen LogP contribution in [0.1, 0.15) is 24.0 Å². The smallest absolute Gasteiger partial charge is 0.227 e. The second-order valence-corrected chi connectivity index (χ2v) is 6.07. The zero-order valence-corrected chi connectivity index (χ0v) is 14.2. The van der Waals surface area contributed by atoms with Gasteiger partial charge < -0.3 is 15.1 Å². The number of rotatable bonds is 6. The highest BCUT2D eigenvalue weighted by Crippen LogP contribution is 2.11. The van der Waals surface area contributed by atoms with Gasteiger partial charge in [0.05, 0.1) is 6.42 Å². The molecule has 0 bridgehead atoms. The van der Waals surface area contributed by atoms with Crippen LogP contribution < -0.4 is 5.32 Å². The molecule has 0 unspecified atom stereocenters. The predicted molar refractivity (Wildman–Crippen MR) is 91.2 cm³/mol. The summed E-state index contributed by atoms with van der Waals surface area (Å²) in [5.41, 5.74) is 2.24. The molecule has 0 aliphatic carbocycles. The zero-order chi connectivity index (χ0) is 16.7. The number of benzene rings is 1. The SMILES string of the molecule is CNCCCC(=O)N1CCN(C(=O)Cc2ccccc2C)CC1. The molecule has 126 valence electrons. The average Bonchev–Trinajstić information content (AvgIpc) is 2.57. The summed E-state index contributed by atoms with van der Waals surface area (Å²) in [6.45, 7) is 5.48. The minimum atomic E-state index is 0.154. The fourth-order valence-corrected chi connectivity index (χ4v) is 2.86. The molecule has 1 saturated heterocycles. The number of amides is 2. The Labute approximate surface area is 138 Å². The van der Waals surface area contributed by atoms with Crippen LogP contribution in [0.15, 0.2) is 24.3 Å². The van der Waals surface area contributed by atoms with E-state index in [9.17, 15) is 9.59 Å². The molecule has 23 heavy (non-hydrogen) atoms. The number of carbonyl (C=O) groups is 2. The molecule has 0 saturated carbocycles. The molecule has 5 nitrogen and oxygen atoms in total. The number of hydrogen-bond donors (Lipinski definition) is 1. The van der Waals surface area contributed by atoms with Crippen molar-refractivity contribution in [3.8, 4) is 0 Å². The van der Waals surface area contributed by atoms with Gasteiger partial charge in [-0.2, -0.15) is 0 Å². The molecule has 0 radical (unpaired) electrons. The largest absolute Gasteiger partial charge is 0.339 e. The molecule has 1 aromatic carbocycles. The molecule has 1 heterocycles. The second-order valence-electron chi connectivity index (χ2n) is 6.07. The Morgan fingerprint density at radius 2 is 1.65 bits per heavy atom. The Morgan fingerprint density at radius 3 is 2.26 bits per heavy atom. The molecule has 2 amide bonds. The molecular weight excluding hydrogens is 290 g/mol. The molecule has 2 rings (SSSR count). The molecule has 1 N–H and O–H groups in total. The highest BCUT2D eigenvalue weighted by molar-refractivity contribution is 5.80. The van der Waals surface area contributed by atoms with Gasteiger partial charge in [0.2, 0.25) is 11.8 Å². The zero-order valence-electron chi connectivity index (χ0n) is 14.2. The van der Waals surface area contributed by atoms with Crippen molar-refractivity contribution in [1.29, 1.82) is 0 Å². The number of hydrogen-bond acceptors (Lipinski definition) is 3. The van der Waals surface area contributed by atoms with Crippen LogP contribution in [0, 0.1) is 6.92 Å². The summed E-state index contributed by atoms with van der Waals surface area (Å²) in [6, 6.07) is 8.00. The van der Waals surface area contributed by atoms with Crippen LogP contribution in [0.5, 0.6) is 0 Å². The lowest BCUT2D eigenvalue weighted by molar-refractivity contribution is -0.139. The molecule has 1 aromatic rings. The number of aryl methyl sites for hydroxylation is 1. The van der Waals surface area contributed by atoms with Gasteiger partial charge in [-0.25, -0.2) is 0 Å². The topological polar surface area (TPSA) is 52.7 Å². The first-order valence-electron chi connectivity index (χ1n) is 8.36. The monoisotopic (exact) mass is 317 g/mol. The summed E-state index contributed by atoms with van der Waals surface area (Å²) in [4.78, 5) is 28.3. The maximum Gasteiger partial charge on any atom is 0.227 e. The highest BCUT2D eigenvalue weighted by Gasteiger charge is 2.23. The van der Waals surface area contributed by atoms with Crippen LogP contribution >= 0.6 is 0 Å². The van der Waals surface area contributed by atoms with Crippen molar-refractivity contribution in [3.05, 3.63) is 35.4 Å². The van der Waals surface area contributed by atoms with E-state index in [2.05, 4.69) is 5.32 Å². The normalized spacial score (nSPS) is 14.9. The summed E-state index contributed by atoms with van der Waals surface area (Å²) in [5, 5.41) is 3.05. The van der Waals surface area contributed by atoms with Crippen molar-refractivity contribution in [1.82, 2.24) is 15.1 Å². The van der Waals surface area contributed by atoms with Gasteiger partial charge in [0.25, 0.3) is 0 Å². The number of nitrogens with zero attached hydrogens (tertiary/aromatic N) is 2. The first-order chi connectivity index (χ1) is 11.1. The Morgan fingerprint density at radius 1 is 1.04 bits per heavy atom. The third-order valence-electron chi connectivity index (χ3n) is 4.41. The number of nitrogens with one attached hydrogen (secondary N) is 1. The molecule has 0 aromatic heterocycles. The van der Waals surface area contributed by atoms with Gasteiger partial charge in [-0.15, -0.1) is 0 Å². The van der Waals surface area contributed by atoms with Gasteiger partial charge in [-0.05, 0) is 38.1 Å². The summed E-state index contributed by atoms with van der Waals surface area (Å²) >= 11 is 0. The van der Waals surface area contributed by atoms with Gasteiger partial charge in [0.1, 0.15) is 0 Å². The Bertz CT molecular complexity index is 537. The van der Waals surface area contributed by atoms with E-state index >= 15 is 0 Å². The van der Waals surface area contributed by atoms with Crippen molar-refractivity contribution in [3.63, 3.8) is 0 Å². The second kappa shape index (κ2) is 8.67. The van der Waals surface area contributed by atoms with Crippen LogP contribution in [0.3, 0.4) is 0 Å². The van der Waals surface area contributed by atoms with E-state index < -0.39 is 0 Å². The molecule has 0 spiro atoms. The quantitative estimate of drug-likeness (QED) is 0.803. The molecule has 1 fully saturated rings. The maximum atomic E-state index is 12.4. The van der Waals surface area contributed by atoms with Crippen LogP contribution in [0.25, 0.3) is 0 Å². The standard InChI is InChI=1S/C18H27N3O2/c1-15-6-3-4-7-16(15)14-18(23)21-12-10-20(11-13-21)17(22)8-5-9-19-2/h3-4,6-7,19H,5,8-14H2,1-2H3.